The minimum Gasteiger partial charge on any atom is -0.489 e. The number of hydrogen-bond acceptors (Lipinski definition) is 4. The van der Waals surface area contributed by atoms with E-state index in [-0.39, 0.29) is 18.4 Å². The van der Waals surface area contributed by atoms with Crippen LogP contribution in [0.15, 0.2) is 42.5 Å². The van der Waals surface area contributed by atoms with Crippen LogP contribution in [0.2, 0.25) is 0 Å². The number of nitrogens with one attached hydrogen (secondary N) is 1. The first-order chi connectivity index (χ1) is 12.0. The van der Waals surface area contributed by atoms with Gasteiger partial charge in [-0.15, -0.1) is 0 Å². The summed E-state index contributed by atoms with van der Waals surface area (Å²) in [6.07, 6.45) is 0. The van der Waals surface area contributed by atoms with Gasteiger partial charge in [0.15, 0.2) is 6.61 Å². The summed E-state index contributed by atoms with van der Waals surface area (Å²) in [6, 6.07) is 12.7. The van der Waals surface area contributed by atoms with E-state index in [4.69, 9.17) is 9.47 Å². The number of hydrogen-bond donors (Lipinski definition) is 1. The molecule has 1 aliphatic rings. The van der Waals surface area contributed by atoms with Crippen molar-refractivity contribution in [2.24, 2.45) is 0 Å². The van der Waals surface area contributed by atoms with E-state index in [9.17, 15) is 9.59 Å². The Morgan fingerprint density at radius 3 is 2.68 bits per heavy atom. The Bertz CT molecular complexity index is 787. The maximum atomic E-state index is 12.1. The van der Waals surface area contributed by atoms with Gasteiger partial charge < -0.3 is 19.7 Å². The normalized spacial score (nSPS) is 12.8. The SMILES string of the molecule is CC(=O)N1CCOc2cc(NC(=O)COc3ccc(C)cc3)ccc21. The molecule has 0 unspecified atom stereocenters. The highest BCUT2D eigenvalue weighted by molar-refractivity contribution is 5.96. The van der Waals surface area contributed by atoms with Gasteiger partial charge in [-0.2, -0.15) is 0 Å². The molecule has 1 N–H and O–H groups in total. The number of rotatable bonds is 4. The second-order valence-electron chi connectivity index (χ2n) is 5.85. The van der Waals surface area contributed by atoms with Crippen LogP contribution in [-0.2, 0) is 9.59 Å². The van der Waals surface area contributed by atoms with Crippen molar-refractivity contribution in [1.82, 2.24) is 0 Å². The quantitative estimate of drug-likeness (QED) is 0.929. The van der Waals surface area contributed by atoms with Gasteiger partial charge in [-0.1, -0.05) is 17.7 Å². The van der Waals surface area contributed by atoms with Crippen LogP contribution < -0.4 is 19.7 Å². The molecule has 0 saturated heterocycles. The number of anilines is 2. The van der Waals surface area contributed by atoms with Gasteiger partial charge in [-0.05, 0) is 31.2 Å². The van der Waals surface area contributed by atoms with E-state index in [1.54, 1.807) is 23.1 Å². The molecule has 0 radical (unpaired) electrons. The Balaban J connectivity index is 1.62. The number of carbonyl (C=O) groups excluding carboxylic acids is 2. The zero-order valence-electron chi connectivity index (χ0n) is 14.2. The molecule has 0 atom stereocenters. The molecule has 0 fully saturated rings. The van der Waals surface area contributed by atoms with Gasteiger partial charge >= 0.3 is 0 Å². The van der Waals surface area contributed by atoms with E-state index in [0.29, 0.717) is 36.0 Å². The lowest BCUT2D eigenvalue weighted by Crippen LogP contribution is -2.36. The first kappa shape index (κ1) is 16.8. The molecule has 2 amide bonds. The molecular formula is C19H20N2O4. The lowest BCUT2D eigenvalue weighted by atomic mass is 10.2. The smallest absolute Gasteiger partial charge is 0.262 e. The molecule has 2 aromatic carbocycles. The van der Waals surface area contributed by atoms with Crippen LogP contribution >= 0.6 is 0 Å². The summed E-state index contributed by atoms with van der Waals surface area (Å²) in [5, 5.41) is 2.77. The van der Waals surface area contributed by atoms with Crippen molar-refractivity contribution < 1.29 is 19.1 Å². The number of aryl methyl sites for hydroxylation is 1. The van der Waals surface area contributed by atoms with Gasteiger partial charge in [-0.25, -0.2) is 0 Å². The molecule has 25 heavy (non-hydrogen) atoms. The summed E-state index contributed by atoms with van der Waals surface area (Å²) in [7, 11) is 0. The van der Waals surface area contributed by atoms with Crippen molar-refractivity contribution in [3.05, 3.63) is 48.0 Å². The van der Waals surface area contributed by atoms with E-state index in [2.05, 4.69) is 5.32 Å². The highest BCUT2D eigenvalue weighted by atomic mass is 16.5. The molecule has 0 bridgehead atoms. The molecule has 130 valence electrons. The zero-order chi connectivity index (χ0) is 17.8. The van der Waals surface area contributed by atoms with E-state index in [1.165, 1.54) is 6.92 Å². The summed E-state index contributed by atoms with van der Waals surface area (Å²) in [4.78, 5) is 25.4. The fourth-order valence-electron chi connectivity index (χ4n) is 2.61. The second kappa shape index (κ2) is 7.25. The van der Waals surface area contributed by atoms with Gasteiger partial charge in [0.25, 0.3) is 5.91 Å². The molecule has 2 aromatic rings. The molecular weight excluding hydrogens is 320 g/mol. The molecule has 0 aliphatic carbocycles. The number of amides is 2. The van der Waals surface area contributed by atoms with Crippen molar-refractivity contribution >= 4 is 23.2 Å². The third-order valence-electron chi connectivity index (χ3n) is 3.88. The number of benzene rings is 2. The van der Waals surface area contributed by atoms with E-state index in [1.807, 2.05) is 31.2 Å². The van der Waals surface area contributed by atoms with Gasteiger partial charge in [0.2, 0.25) is 5.91 Å². The van der Waals surface area contributed by atoms with Crippen molar-refractivity contribution in [3.63, 3.8) is 0 Å². The third kappa shape index (κ3) is 4.09. The second-order valence-corrected chi connectivity index (χ2v) is 5.85. The van der Waals surface area contributed by atoms with Gasteiger partial charge in [0.1, 0.15) is 18.1 Å². The van der Waals surface area contributed by atoms with E-state index in [0.717, 1.165) is 5.56 Å². The van der Waals surface area contributed by atoms with Crippen molar-refractivity contribution in [2.45, 2.75) is 13.8 Å². The summed E-state index contributed by atoms with van der Waals surface area (Å²) in [6.45, 7) is 4.38. The standard InChI is InChI=1S/C19H20N2O4/c1-13-3-6-16(7-4-13)25-12-19(23)20-15-5-8-17-18(11-15)24-10-9-21(17)14(2)22/h3-8,11H,9-10,12H2,1-2H3,(H,20,23). The molecule has 1 heterocycles. The van der Waals surface area contributed by atoms with Crippen LogP contribution in [0.5, 0.6) is 11.5 Å². The third-order valence-corrected chi connectivity index (χ3v) is 3.88. The Morgan fingerprint density at radius 2 is 1.96 bits per heavy atom. The van der Waals surface area contributed by atoms with Gasteiger partial charge in [0.05, 0.1) is 12.2 Å². The molecule has 0 spiro atoms. The fraction of sp³-hybridized carbons (Fsp3) is 0.263. The first-order valence-electron chi connectivity index (χ1n) is 8.07. The zero-order valence-corrected chi connectivity index (χ0v) is 14.2. The average Bonchev–Trinajstić information content (AvgIpc) is 2.60. The van der Waals surface area contributed by atoms with Crippen molar-refractivity contribution in [3.8, 4) is 11.5 Å². The molecule has 6 nitrogen and oxygen atoms in total. The van der Waals surface area contributed by atoms with Crippen LogP contribution in [0.4, 0.5) is 11.4 Å². The van der Waals surface area contributed by atoms with Crippen LogP contribution in [0.3, 0.4) is 0 Å². The maximum absolute atomic E-state index is 12.1. The molecule has 3 rings (SSSR count). The topological polar surface area (TPSA) is 67.9 Å². The largest absolute Gasteiger partial charge is 0.489 e. The maximum Gasteiger partial charge on any atom is 0.262 e. The number of fused-ring (bicyclic) bond motifs is 1. The lowest BCUT2D eigenvalue weighted by molar-refractivity contribution is -0.118. The highest BCUT2D eigenvalue weighted by Gasteiger charge is 2.21. The monoisotopic (exact) mass is 340 g/mol. The highest BCUT2D eigenvalue weighted by Crippen LogP contribution is 2.34. The Morgan fingerprint density at radius 1 is 1.20 bits per heavy atom. The minimum atomic E-state index is -0.264. The number of ether oxygens (including phenoxy) is 2. The van der Waals surface area contributed by atoms with Gasteiger partial charge in [0, 0.05) is 18.7 Å². The predicted molar refractivity (Wildman–Crippen MR) is 95.3 cm³/mol. The first-order valence-corrected chi connectivity index (χ1v) is 8.07. The van der Waals surface area contributed by atoms with E-state index < -0.39 is 0 Å². The summed E-state index contributed by atoms with van der Waals surface area (Å²) < 4.78 is 11.1. The van der Waals surface area contributed by atoms with Gasteiger partial charge in [-0.3, -0.25) is 9.59 Å². The summed E-state index contributed by atoms with van der Waals surface area (Å²) in [5.74, 6) is 0.929. The molecule has 0 saturated carbocycles. The predicted octanol–water partition coefficient (Wildman–Crippen LogP) is 2.76. The Kier molecular flexibility index (Phi) is 4.88. The average molecular weight is 340 g/mol. The number of carbonyl (C=O) groups is 2. The number of nitrogens with zero attached hydrogens (tertiary/aromatic N) is 1. The van der Waals surface area contributed by atoms with Crippen LogP contribution in [0.1, 0.15) is 12.5 Å². The van der Waals surface area contributed by atoms with Crippen molar-refractivity contribution in [1.29, 1.82) is 0 Å². The van der Waals surface area contributed by atoms with E-state index >= 15 is 0 Å². The Hall–Kier alpha value is -3.02. The summed E-state index contributed by atoms with van der Waals surface area (Å²) >= 11 is 0. The van der Waals surface area contributed by atoms with Crippen molar-refractivity contribution in [2.75, 3.05) is 30.0 Å². The Labute approximate surface area is 146 Å². The molecule has 0 aromatic heterocycles. The summed E-state index contributed by atoms with van der Waals surface area (Å²) in [5.41, 5.74) is 2.44. The van der Waals surface area contributed by atoms with Crippen LogP contribution in [-0.4, -0.2) is 31.6 Å². The molecule has 6 heteroatoms. The van der Waals surface area contributed by atoms with Crippen LogP contribution in [0, 0.1) is 6.92 Å². The minimum absolute atomic E-state index is 0.0344. The molecule has 1 aliphatic heterocycles. The lowest BCUT2D eigenvalue weighted by Gasteiger charge is -2.29. The van der Waals surface area contributed by atoms with Crippen LogP contribution in [0.25, 0.3) is 0 Å². The fourth-order valence-corrected chi connectivity index (χ4v) is 2.61.